The molecule has 0 radical (unpaired) electrons. The first-order valence-corrected chi connectivity index (χ1v) is 12.2. The topological polar surface area (TPSA) is 62.2 Å². The second-order valence-corrected chi connectivity index (χ2v) is 8.66. The van der Waals surface area contributed by atoms with Crippen molar-refractivity contribution in [2.75, 3.05) is 32.8 Å². The summed E-state index contributed by atoms with van der Waals surface area (Å²) in [7, 11) is 0. The van der Waals surface area contributed by atoms with Gasteiger partial charge in [-0.2, -0.15) is 0 Å². The van der Waals surface area contributed by atoms with E-state index in [1.165, 1.54) is 37.9 Å². The molecule has 1 fully saturated rings. The maximum absolute atomic E-state index is 9.19. The molecular weight excluding hydrogens is 426 g/mol. The predicted molar refractivity (Wildman–Crippen MR) is 137 cm³/mol. The van der Waals surface area contributed by atoms with Crippen molar-refractivity contribution in [3.05, 3.63) is 84.4 Å². The molecule has 2 N–H and O–H groups in total. The molecule has 5 heteroatoms. The summed E-state index contributed by atoms with van der Waals surface area (Å²) in [5.41, 5.74) is 1.21. The van der Waals surface area contributed by atoms with Gasteiger partial charge in [0.1, 0.15) is 29.6 Å². The molecule has 182 valence electrons. The van der Waals surface area contributed by atoms with Gasteiger partial charge in [0, 0.05) is 12.6 Å². The third-order valence-corrected chi connectivity index (χ3v) is 5.96. The van der Waals surface area contributed by atoms with E-state index in [2.05, 4.69) is 11.8 Å². The highest BCUT2D eigenvalue weighted by atomic mass is 16.5. The van der Waals surface area contributed by atoms with Gasteiger partial charge in [0.2, 0.25) is 0 Å². The number of aromatic hydroxyl groups is 2. The number of para-hydroxylation sites is 2. The van der Waals surface area contributed by atoms with E-state index in [4.69, 9.17) is 14.6 Å². The van der Waals surface area contributed by atoms with Gasteiger partial charge in [0.25, 0.3) is 0 Å². The van der Waals surface area contributed by atoms with E-state index in [0.29, 0.717) is 11.7 Å². The molecule has 0 bridgehead atoms. The fourth-order valence-electron chi connectivity index (χ4n) is 3.98. The molecule has 1 saturated heterocycles. The highest BCUT2D eigenvalue weighted by Crippen LogP contribution is 2.35. The fourth-order valence-corrected chi connectivity index (χ4v) is 3.98. The molecule has 5 nitrogen and oxygen atoms in total. The zero-order valence-electron chi connectivity index (χ0n) is 20.1. The maximum atomic E-state index is 9.19. The molecule has 0 unspecified atom stereocenters. The van der Waals surface area contributed by atoms with Crippen molar-refractivity contribution < 1.29 is 19.7 Å². The summed E-state index contributed by atoms with van der Waals surface area (Å²) in [5, 5.41) is 17.8. The highest BCUT2D eigenvalue weighted by molar-refractivity contribution is 5.42. The average molecular weight is 464 g/mol. The minimum absolute atomic E-state index is 0.280. The smallest absolute Gasteiger partial charge is 0.126 e. The summed E-state index contributed by atoms with van der Waals surface area (Å²) in [6.07, 6.45) is 5.17. The third kappa shape index (κ3) is 8.99. The van der Waals surface area contributed by atoms with E-state index in [1.54, 1.807) is 36.4 Å². The lowest BCUT2D eigenvalue weighted by atomic mass is 9.95. The molecule has 0 saturated carbocycles. The number of rotatable bonds is 4. The van der Waals surface area contributed by atoms with Gasteiger partial charge >= 0.3 is 0 Å². The quantitative estimate of drug-likeness (QED) is 0.481. The highest BCUT2D eigenvalue weighted by Gasteiger charge is 2.17. The van der Waals surface area contributed by atoms with Crippen LogP contribution in [0.15, 0.2) is 78.9 Å². The number of benzene rings is 3. The molecule has 2 heterocycles. The lowest BCUT2D eigenvalue weighted by Gasteiger charge is -2.26. The Bertz CT molecular complexity index is 943. The predicted octanol–water partition coefficient (Wildman–Crippen LogP) is 6.22. The monoisotopic (exact) mass is 463 g/mol. The van der Waals surface area contributed by atoms with Gasteiger partial charge in [-0.15, -0.1) is 0 Å². The van der Waals surface area contributed by atoms with E-state index in [0.717, 1.165) is 37.7 Å². The Kier molecular flexibility index (Phi) is 10.6. The van der Waals surface area contributed by atoms with Crippen molar-refractivity contribution >= 4 is 0 Å². The Morgan fingerprint density at radius 1 is 0.853 bits per heavy atom. The lowest BCUT2D eigenvalue weighted by Crippen LogP contribution is -2.33. The first-order valence-electron chi connectivity index (χ1n) is 12.2. The normalized spacial score (nSPS) is 17.0. The number of phenolic OH excluding ortho intramolecular Hbond substituents is 2. The first-order chi connectivity index (χ1) is 16.6. The van der Waals surface area contributed by atoms with Crippen molar-refractivity contribution in [1.82, 2.24) is 4.90 Å². The first kappa shape index (κ1) is 25.4. The number of hydrogen-bond donors (Lipinski definition) is 2. The number of nitrogens with zero attached hydrogens (tertiary/aromatic N) is 1. The van der Waals surface area contributed by atoms with Crippen LogP contribution >= 0.6 is 0 Å². The van der Waals surface area contributed by atoms with Gasteiger partial charge in [0.15, 0.2) is 0 Å². The van der Waals surface area contributed by atoms with Crippen molar-refractivity contribution in [3.8, 4) is 23.0 Å². The zero-order valence-corrected chi connectivity index (χ0v) is 20.1. The van der Waals surface area contributed by atoms with Gasteiger partial charge in [-0.25, -0.2) is 0 Å². The lowest BCUT2D eigenvalue weighted by molar-refractivity contribution is 0.183. The molecule has 3 aromatic rings. The zero-order chi connectivity index (χ0) is 24.0. The molecular formula is C29H37NO4. The summed E-state index contributed by atoms with van der Waals surface area (Å²) in [4.78, 5) is 2.49. The molecule has 2 aliphatic rings. The van der Waals surface area contributed by atoms with Crippen LogP contribution in [0, 0.1) is 0 Å². The fraction of sp³-hybridized carbons (Fsp3) is 0.379. The Morgan fingerprint density at radius 3 is 2.18 bits per heavy atom. The van der Waals surface area contributed by atoms with Crippen molar-refractivity contribution in [1.29, 1.82) is 0 Å². The summed E-state index contributed by atoms with van der Waals surface area (Å²) in [5.74, 6) is 2.97. The van der Waals surface area contributed by atoms with E-state index in [-0.39, 0.29) is 5.75 Å². The Balaban J connectivity index is 0.000000152. The molecule has 3 aromatic carbocycles. The van der Waals surface area contributed by atoms with Gasteiger partial charge in [0.05, 0.1) is 6.61 Å². The van der Waals surface area contributed by atoms with Gasteiger partial charge in [-0.3, -0.25) is 4.90 Å². The number of fused-ring (bicyclic) bond motifs is 1. The summed E-state index contributed by atoms with van der Waals surface area (Å²) >= 11 is 0. The van der Waals surface area contributed by atoms with Crippen LogP contribution in [0.25, 0.3) is 0 Å². The minimum atomic E-state index is 0.280. The number of phenols is 2. The molecule has 2 aliphatic heterocycles. The van der Waals surface area contributed by atoms with Gasteiger partial charge < -0.3 is 19.7 Å². The van der Waals surface area contributed by atoms with Crippen molar-refractivity contribution in [2.45, 2.75) is 38.5 Å². The van der Waals surface area contributed by atoms with Gasteiger partial charge in [-0.1, -0.05) is 55.8 Å². The van der Waals surface area contributed by atoms with Crippen LogP contribution in [-0.2, 0) is 0 Å². The number of piperidine rings is 1. The number of hydrogen-bond acceptors (Lipinski definition) is 5. The maximum Gasteiger partial charge on any atom is 0.126 e. The molecule has 0 spiro atoms. The van der Waals surface area contributed by atoms with E-state index < -0.39 is 0 Å². The Hall–Kier alpha value is -3.18. The summed E-state index contributed by atoms with van der Waals surface area (Å²) < 4.78 is 11.1. The van der Waals surface area contributed by atoms with Crippen molar-refractivity contribution in [3.63, 3.8) is 0 Å². The van der Waals surface area contributed by atoms with Crippen LogP contribution in [0.3, 0.4) is 0 Å². The summed E-state index contributed by atoms with van der Waals surface area (Å²) in [6, 6.07) is 24.1. The van der Waals surface area contributed by atoms with Crippen LogP contribution in [-0.4, -0.2) is 48.0 Å². The second kappa shape index (κ2) is 14.2. The van der Waals surface area contributed by atoms with E-state index >= 15 is 0 Å². The standard InChI is InChI=1S/C13H19NO.C10H12O2.C6H6O/c1-3-7-13(8-4-1)15-12-11-14-9-5-2-6-10-14;1-7-4-5-12-10-6-8(11)2-3-9(7)10;7-6-4-2-1-3-5-6/h1,3-4,7-8H,2,5-6,9-12H2;2-3,6-7,11H,4-5H2,1H3;1-5,7H/t;7-;/m.0./s1. The average Bonchev–Trinajstić information content (AvgIpc) is 2.87. The van der Waals surface area contributed by atoms with Crippen LogP contribution in [0.4, 0.5) is 0 Å². The Labute approximate surface area is 203 Å². The molecule has 0 aliphatic carbocycles. The van der Waals surface area contributed by atoms with Crippen LogP contribution in [0.2, 0.25) is 0 Å². The van der Waals surface area contributed by atoms with Crippen LogP contribution in [0.5, 0.6) is 23.0 Å². The Morgan fingerprint density at radius 2 is 1.53 bits per heavy atom. The number of likely N-dealkylation sites (tertiary alicyclic amines) is 1. The van der Waals surface area contributed by atoms with Gasteiger partial charge in [-0.05, 0) is 74.2 Å². The SMILES string of the molecule is C[C@H]1CCOc2cc(O)ccc21.Oc1ccccc1.c1ccc(OCCN2CCCCC2)cc1. The molecule has 0 amide bonds. The number of ether oxygens (including phenoxy) is 2. The molecule has 5 rings (SSSR count). The van der Waals surface area contributed by atoms with Crippen molar-refractivity contribution in [2.24, 2.45) is 0 Å². The largest absolute Gasteiger partial charge is 0.508 e. The minimum Gasteiger partial charge on any atom is -0.508 e. The third-order valence-electron chi connectivity index (χ3n) is 5.96. The molecule has 34 heavy (non-hydrogen) atoms. The van der Waals surface area contributed by atoms with E-state index in [9.17, 15) is 5.11 Å². The second-order valence-electron chi connectivity index (χ2n) is 8.66. The molecule has 1 atom stereocenters. The molecule has 0 aromatic heterocycles. The van der Waals surface area contributed by atoms with Crippen LogP contribution < -0.4 is 9.47 Å². The summed E-state index contributed by atoms with van der Waals surface area (Å²) in [6.45, 7) is 7.31. The van der Waals surface area contributed by atoms with E-state index in [1.807, 2.05) is 42.5 Å². The van der Waals surface area contributed by atoms with Crippen LogP contribution in [0.1, 0.15) is 44.1 Å².